The lowest BCUT2D eigenvalue weighted by molar-refractivity contribution is 0.888. The minimum absolute atomic E-state index is 0.0698. The highest BCUT2D eigenvalue weighted by Crippen LogP contribution is 2.65. The lowest BCUT2D eigenvalue weighted by atomic mass is 9.84. The number of halogens is 1. The van der Waals surface area contributed by atoms with Crippen molar-refractivity contribution in [2.45, 2.75) is 5.16 Å². The van der Waals surface area contributed by atoms with Crippen molar-refractivity contribution in [3.63, 3.8) is 0 Å². The van der Waals surface area contributed by atoms with Gasteiger partial charge in [0.05, 0.1) is 5.16 Å². The first-order valence-electron chi connectivity index (χ1n) is 7.32. The minimum atomic E-state index is -0.307. The predicted octanol–water partition coefficient (Wildman–Crippen LogP) is 6.44. The van der Waals surface area contributed by atoms with Gasteiger partial charge in [0.25, 0.3) is 0 Å². The van der Waals surface area contributed by atoms with Crippen LogP contribution < -0.4 is 0 Å². The van der Waals surface area contributed by atoms with Crippen LogP contribution in [0.2, 0.25) is 0 Å². The van der Waals surface area contributed by atoms with E-state index in [4.69, 9.17) is 0 Å². The molecular formula is C20H18IP. The van der Waals surface area contributed by atoms with Crippen LogP contribution >= 0.6 is 27.6 Å². The topological polar surface area (TPSA) is 0 Å². The molecule has 3 rings (SSSR count). The molecule has 0 aliphatic carbocycles. The van der Waals surface area contributed by atoms with E-state index in [1.54, 1.807) is 0 Å². The van der Waals surface area contributed by atoms with Gasteiger partial charge in [0.2, 0.25) is 0 Å². The summed E-state index contributed by atoms with van der Waals surface area (Å²) in [5.41, 5.74) is 3.81. The van der Waals surface area contributed by atoms with Crippen LogP contribution in [0.4, 0.5) is 0 Å². The molecule has 2 heteroatoms. The second-order valence-corrected chi connectivity index (χ2v) is 11.3. The first-order chi connectivity index (χ1) is 10.8. The molecule has 0 radical (unpaired) electrons. The Morgan fingerprint density at radius 3 is 1.09 bits per heavy atom. The van der Waals surface area contributed by atoms with Gasteiger partial charge < -0.3 is 0 Å². The highest BCUT2D eigenvalue weighted by atomic mass is 127. The van der Waals surface area contributed by atoms with E-state index in [9.17, 15) is 0 Å². The molecule has 0 spiro atoms. The minimum Gasteiger partial charge on any atom is -0.0622 e. The van der Waals surface area contributed by atoms with Gasteiger partial charge in [-0.05, 0) is 28.9 Å². The number of benzene rings is 3. The van der Waals surface area contributed by atoms with Crippen LogP contribution in [0.15, 0.2) is 91.0 Å². The Bertz CT molecular complexity index is 612. The van der Waals surface area contributed by atoms with E-state index < -0.39 is 0 Å². The van der Waals surface area contributed by atoms with Crippen LogP contribution in [-0.2, 0) is 5.16 Å². The van der Waals surface area contributed by atoms with E-state index in [1.807, 2.05) is 0 Å². The zero-order valence-electron chi connectivity index (χ0n) is 12.5. The van der Waals surface area contributed by atoms with E-state index in [2.05, 4.69) is 120 Å². The van der Waals surface area contributed by atoms with Crippen LogP contribution in [0.5, 0.6) is 0 Å². The SMILES string of the molecule is CP(I)C(c1ccccc1)(c1ccccc1)c1ccccc1. The Morgan fingerprint density at radius 1 is 0.591 bits per heavy atom. The fraction of sp³-hybridized carbons (Fsp3) is 0.100. The van der Waals surface area contributed by atoms with Crippen molar-refractivity contribution in [3.05, 3.63) is 108 Å². The summed E-state index contributed by atoms with van der Waals surface area (Å²) in [5.74, 6) is 0. The van der Waals surface area contributed by atoms with Crippen molar-refractivity contribution < 1.29 is 0 Å². The fourth-order valence-corrected chi connectivity index (χ4v) is 7.09. The van der Waals surface area contributed by atoms with Crippen LogP contribution in [0.25, 0.3) is 0 Å². The molecule has 0 N–H and O–H groups in total. The lowest BCUT2D eigenvalue weighted by Gasteiger charge is -2.38. The standard InChI is InChI=1S/C20H18IP/c1-22(21)20(17-11-5-2-6-12-17,18-13-7-3-8-14-18)19-15-9-4-10-16-19/h2-16H,1H3. The molecule has 22 heavy (non-hydrogen) atoms. The summed E-state index contributed by atoms with van der Waals surface area (Å²) in [5, 5.41) is -0.0698. The van der Waals surface area contributed by atoms with Gasteiger partial charge in [-0.25, -0.2) is 0 Å². The monoisotopic (exact) mass is 416 g/mol. The van der Waals surface area contributed by atoms with Gasteiger partial charge >= 0.3 is 0 Å². The molecule has 0 bridgehead atoms. The molecule has 0 aromatic heterocycles. The third-order valence-electron chi connectivity index (χ3n) is 4.04. The molecule has 0 nitrogen and oxygen atoms in total. The van der Waals surface area contributed by atoms with E-state index >= 15 is 0 Å². The second-order valence-electron chi connectivity index (χ2n) is 5.29. The van der Waals surface area contributed by atoms with Crippen molar-refractivity contribution in [2.75, 3.05) is 6.66 Å². The van der Waals surface area contributed by atoms with Crippen molar-refractivity contribution >= 4 is 27.6 Å². The van der Waals surface area contributed by atoms with Crippen molar-refractivity contribution in [1.82, 2.24) is 0 Å². The lowest BCUT2D eigenvalue weighted by Crippen LogP contribution is -2.25. The summed E-state index contributed by atoms with van der Waals surface area (Å²) in [4.78, 5) is 0. The number of hydrogen-bond donors (Lipinski definition) is 0. The van der Waals surface area contributed by atoms with E-state index in [0.717, 1.165) is 0 Å². The Kier molecular flexibility index (Phi) is 4.95. The first kappa shape index (κ1) is 15.7. The Labute approximate surface area is 146 Å². The first-order valence-corrected chi connectivity index (χ1v) is 11.9. The van der Waals surface area contributed by atoms with Gasteiger partial charge in [-0.2, -0.15) is 0 Å². The normalized spacial score (nSPS) is 12.8. The van der Waals surface area contributed by atoms with Gasteiger partial charge in [-0.1, -0.05) is 113 Å². The summed E-state index contributed by atoms with van der Waals surface area (Å²) < 4.78 is 0. The molecule has 1 atom stereocenters. The van der Waals surface area contributed by atoms with E-state index in [-0.39, 0.29) is 10.7 Å². The summed E-state index contributed by atoms with van der Waals surface area (Å²) in [6.45, 7) is 2.36. The maximum absolute atomic E-state index is 2.63. The van der Waals surface area contributed by atoms with Gasteiger partial charge in [-0.3, -0.25) is 0 Å². The van der Waals surface area contributed by atoms with Crippen molar-refractivity contribution in [3.8, 4) is 0 Å². The van der Waals surface area contributed by atoms with Crippen molar-refractivity contribution in [1.29, 1.82) is 0 Å². The molecule has 0 amide bonds. The van der Waals surface area contributed by atoms with Gasteiger partial charge in [0.1, 0.15) is 0 Å². The third-order valence-corrected chi connectivity index (χ3v) is 7.91. The molecule has 0 saturated heterocycles. The highest BCUT2D eigenvalue weighted by molar-refractivity contribution is 14.2. The maximum atomic E-state index is 2.63. The molecular weight excluding hydrogens is 398 g/mol. The quantitative estimate of drug-likeness (QED) is 0.261. The zero-order valence-corrected chi connectivity index (χ0v) is 15.5. The average Bonchev–Trinajstić information content (AvgIpc) is 2.58. The van der Waals surface area contributed by atoms with Gasteiger partial charge in [0, 0.05) is 0 Å². The van der Waals surface area contributed by atoms with Gasteiger partial charge in [-0.15, -0.1) is 0 Å². The second kappa shape index (κ2) is 6.93. The highest BCUT2D eigenvalue weighted by Gasteiger charge is 2.40. The predicted molar refractivity (Wildman–Crippen MR) is 106 cm³/mol. The van der Waals surface area contributed by atoms with E-state index in [1.165, 1.54) is 16.7 Å². The van der Waals surface area contributed by atoms with E-state index in [0.29, 0.717) is 0 Å². The molecule has 0 aliphatic rings. The molecule has 0 fully saturated rings. The summed E-state index contributed by atoms with van der Waals surface area (Å²) in [6.07, 6.45) is 0. The summed E-state index contributed by atoms with van der Waals surface area (Å²) >= 11 is 2.63. The molecule has 0 aliphatic heterocycles. The smallest absolute Gasteiger partial charge is 0.0622 e. The molecule has 3 aromatic carbocycles. The average molecular weight is 416 g/mol. The van der Waals surface area contributed by atoms with Gasteiger partial charge in [0.15, 0.2) is 0 Å². The third kappa shape index (κ3) is 2.73. The van der Waals surface area contributed by atoms with Crippen molar-refractivity contribution in [2.24, 2.45) is 0 Å². The Hall–Kier alpha value is -1.18. The van der Waals surface area contributed by atoms with Crippen LogP contribution in [0.1, 0.15) is 16.7 Å². The largest absolute Gasteiger partial charge is 0.0739 e. The molecule has 110 valence electrons. The fourth-order valence-electron chi connectivity index (χ4n) is 3.07. The summed E-state index contributed by atoms with van der Waals surface area (Å²) in [6, 6.07) is 32.7. The number of hydrogen-bond acceptors (Lipinski definition) is 0. The van der Waals surface area contributed by atoms with Crippen LogP contribution in [0.3, 0.4) is 0 Å². The number of rotatable bonds is 4. The summed E-state index contributed by atoms with van der Waals surface area (Å²) in [7, 11) is 0. The molecule has 0 saturated carbocycles. The molecule has 3 aromatic rings. The zero-order chi connectivity index (χ0) is 15.4. The molecule has 1 unspecified atom stereocenters. The van der Waals surface area contributed by atoms with Crippen LogP contribution in [0, 0.1) is 0 Å². The molecule has 0 heterocycles. The van der Waals surface area contributed by atoms with Crippen LogP contribution in [-0.4, -0.2) is 6.66 Å². The maximum Gasteiger partial charge on any atom is 0.0739 e. The Balaban J connectivity index is 2.34. The Morgan fingerprint density at radius 2 is 0.864 bits per heavy atom.